The smallest absolute Gasteiger partial charge is 0.151 e. The molecule has 0 aliphatic carbocycles. The summed E-state index contributed by atoms with van der Waals surface area (Å²) in [7, 11) is 0. The van der Waals surface area contributed by atoms with Crippen molar-refractivity contribution in [2.75, 3.05) is 0 Å². The van der Waals surface area contributed by atoms with Gasteiger partial charge in [0.2, 0.25) is 0 Å². The van der Waals surface area contributed by atoms with Gasteiger partial charge in [-0.15, -0.1) is 11.3 Å². The summed E-state index contributed by atoms with van der Waals surface area (Å²) >= 11 is 1.48. The molecule has 0 fully saturated rings. The second kappa shape index (κ2) is 2.85. The molecular weight excluding hydrogens is 184 g/mol. The van der Waals surface area contributed by atoms with Crippen LogP contribution in [0.25, 0.3) is 10.1 Å². The number of phenolic OH excluding ortho intramolecular Hbond substituents is 1. The highest BCUT2D eigenvalue weighted by Crippen LogP contribution is 2.33. The Morgan fingerprint density at radius 3 is 2.92 bits per heavy atom. The molecule has 0 saturated carbocycles. The predicted octanol–water partition coefficient (Wildman–Crippen LogP) is 2.73. The monoisotopic (exact) mass is 192 g/mol. The van der Waals surface area contributed by atoms with Crippen LogP contribution in [0.2, 0.25) is 0 Å². The van der Waals surface area contributed by atoms with Crippen molar-refractivity contribution in [1.29, 1.82) is 0 Å². The molecule has 0 radical (unpaired) electrons. The van der Waals surface area contributed by atoms with Gasteiger partial charge in [0.25, 0.3) is 0 Å². The van der Waals surface area contributed by atoms with Crippen molar-refractivity contribution >= 4 is 27.7 Å². The number of phenols is 1. The van der Waals surface area contributed by atoms with Crippen molar-refractivity contribution in [3.63, 3.8) is 0 Å². The largest absolute Gasteiger partial charge is 0.507 e. The van der Waals surface area contributed by atoms with Gasteiger partial charge in [0.1, 0.15) is 5.75 Å². The molecule has 1 aromatic carbocycles. The summed E-state index contributed by atoms with van der Waals surface area (Å²) in [6, 6.07) is 3.63. The maximum Gasteiger partial charge on any atom is 0.151 e. The van der Waals surface area contributed by atoms with Crippen LogP contribution in [0.15, 0.2) is 17.5 Å². The van der Waals surface area contributed by atoms with Crippen LogP contribution in [0.3, 0.4) is 0 Å². The molecule has 2 aromatic rings. The third-order valence-electron chi connectivity index (χ3n) is 1.95. The molecule has 2 nitrogen and oxygen atoms in total. The van der Waals surface area contributed by atoms with Crippen LogP contribution in [-0.4, -0.2) is 11.4 Å². The van der Waals surface area contributed by atoms with Gasteiger partial charge in [-0.25, -0.2) is 0 Å². The maximum atomic E-state index is 10.6. The van der Waals surface area contributed by atoms with Crippen LogP contribution in [-0.2, 0) is 0 Å². The first-order valence-corrected chi connectivity index (χ1v) is 4.76. The van der Waals surface area contributed by atoms with Gasteiger partial charge in [-0.1, -0.05) is 0 Å². The summed E-state index contributed by atoms with van der Waals surface area (Å²) in [6.45, 7) is 1.92. The van der Waals surface area contributed by atoms with Crippen molar-refractivity contribution in [3.05, 3.63) is 28.6 Å². The van der Waals surface area contributed by atoms with Crippen LogP contribution in [0.1, 0.15) is 15.9 Å². The summed E-state index contributed by atoms with van der Waals surface area (Å²) in [4.78, 5) is 10.6. The zero-order valence-electron chi connectivity index (χ0n) is 7.07. The first kappa shape index (κ1) is 8.26. The molecule has 0 unspecified atom stereocenters. The number of benzene rings is 1. The fourth-order valence-corrected chi connectivity index (χ4v) is 2.41. The number of carbonyl (C=O) groups excluding carboxylic acids is 1. The lowest BCUT2D eigenvalue weighted by Gasteiger charge is -1.97. The molecule has 3 heteroatoms. The summed E-state index contributed by atoms with van der Waals surface area (Å²) < 4.78 is 0.958. The lowest BCUT2D eigenvalue weighted by Crippen LogP contribution is -1.77. The van der Waals surface area contributed by atoms with Gasteiger partial charge in [-0.05, 0) is 24.6 Å². The van der Waals surface area contributed by atoms with Crippen molar-refractivity contribution in [3.8, 4) is 5.75 Å². The van der Waals surface area contributed by atoms with Crippen LogP contribution in [0.4, 0.5) is 0 Å². The summed E-state index contributed by atoms with van der Waals surface area (Å²) in [6.07, 6.45) is 0.772. The van der Waals surface area contributed by atoms with E-state index in [1.54, 1.807) is 11.4 Å². The average Bonchev–Trinajstić information content (AvgIpc) is 2.47. The Morgan fingerprint density at radius 1 is 1.46 bits per heavy atom. The topological polar surface area (TPSA) is 37.3 Å². The molecule has 1 aromatic heterocycles. The number of carbonyl (C=O) groups is 1. The zero-order valence-corrected chi connectivity index (χ0v) is 7.89. The SMILES string of the molecule is Cc1cc(O)c2c(C=O)csc2c1. The Bertz CT molecular complexity index is 471. The summed E-state index contributed by atoms with van der Waals surface area (Å²) in [5.41, 5.74) is 1.57. The van der Waals surface area contributed by atoms with Gasteiger partial charge in [0, 0.05) is 21.0 Å². The summed E-state index contributed by atoms with van der Waals surface area (Å²) in [5, 5.41) is 12.0. The summed E-state index contributed by atoms with van der Waals surface area (Å²) in [5.74, 6) is 0.193. The van der Waals surface area contributed by atoms with E-state index in [1.165, 1.54) is 11.3 Å². The van der Waals surface area contributed by atoms with Crippen molar-refractivity contribution in [1.82, 2.24) is 0 Å². The number of fused-ring (bicyclic) bond motifs is 1. The van der Waals surface area contributed by atoms with Gasteiger partial charge in [-0.2, -0.15) is 0 Å². The Kier molecular flexibility index (Phi) is 1.81. The second-order valence-corrected chi connectivity index (χ2v) is 3.88. The highest BCUT2D eigenvalue weighted by atomic mass is 32.1. The molecule has 0 aliphatic rings. The maximum absolute atomic E-state index is 10.6. The molecule has 0 spiro atoms. The minimum atomic E-state index is 0.193. The fraction of sp³-hybridized carbons (Fsp3) is 0.100. The zero-order chi connectivity index (χ0) is 9.42. The number of thiophene rings is 1. The van der Waals surface area contributed by atoms with E-state index in [1.807, 2.05) is 13.0 Å². The van der Waals surface area contributed by atoms with E-state index in [-0.39, 0.29) is 5.75 Å². The molecule has 0 bridgehead atoms. The molecule has 0 amide bonds. The fourth-order valence-electron chi connectivity index (χ4n) is 1.39. The Morgan fingerprint density at radius 2 is 2.23 bits per heavy atom. The Balaban J connectivity index is 2.89. The van der Waals surface area contributed by atoms with Crippen LogP contribution in [0.5, 0.6) is 5.75 Å². The standard InChI is InChI=1S/C10H8O2S/c1-6-2-8(12)10-7(4-11)5-13-9(10)3-6/h2-5,12H,1H3. The molecular formula is C10H8O2S. The van der Waals surface area contributed by atoms with Crippen molar-refractivity contribution in [2.45, 2.75) is 6.92 Å². The minimum absolute atomic E-state index is 0.193. The lowest BCUT2D eigenvalue weighted by atomic mass is 10.1. The van der Waals surface area contributed by atoms with E-state index in [0.717, 1.165) is 16.5 Å². The van der Waals surface area contributed by atoms with Crippen molar-refractivity contribution in [2.24, 2.45) is 0 Å². The van der Waals surface area contributed by atoms with Gasteiger partial charge < -0.3 is 5.11 Å². The van der Waals surface area contributed by atoms with Crippen LogP contribution in [0, 0.1) is 6.92 Å². The van der Waals surface area contributed by atoms with Crippen molar-refractivity contribution < 1.29 is 9.90 Å². The predicted molar refractivity (Wildman–Crippen MR) is 53.6 cm³/mol. The normalized spacial score (nSPS) is 10.5. The Labute approximate surface area is 79.4 Å². The molecule has 66 valence electrons. The van der Waals surface area contributed by atoms with Crippen LogP contribution >= 0.6 is 11.3 Å². The second-order valence-electron chi connectivity index (χ2n) is 2.97. The number of aryl methyl sites for hydroxylation is 1. The average molecular weight is 192 g/mol. The highest BCUT2D eigenvalue weighted by molar-refractivity contribution is 7.17. The number of hydrogen-bond donors (Lipinski definition) is 1. The van der Waals surface area contributed by atoms with Gasteiger partial charge in [0.05, 0.1) is 0 Å². The molecule has 2 rings (SSSR count). The van der Waals surface area contributed by atoms with Gasteiger partial charge >= 0.3 is 0 Å². The van der Waals surface area contributed by atoms with Gasteiger partial charge in [-0.3, -0.25) is 4.79 Å². The quantitative estimate of drug-likeness (QED) is 0.705. The van der Waals surface area contributed by atoms with E-state index in [2.05, 4.69) is 0 Å². The molecule has 0 aliphatic heterocycles. The molecule has 1 N–H and O–H groups in total. The number of rotatable bonds is 1. The number of hydrogen-bond acceptors (Lipinski definition) is 3. The van der Waals surface area contributed by atoms with E-state index in [4.69, 9.17) is 0 Å². The van der Waals surface area contributed by atoms with E-state index in [9.17, 15) is 9.90 Å². The number of aromatic hydroxyl groups is 1. The molecule has 1 heterocycles. The minimum Gasteiger partial charge on any atom is -0.507 e. The van der Waals surface area contributed by atoms with E-state index in [0.29, 0.717) is 10.9 Å². The number of aldehydes is 1. The Hall–Kier alpha value is -1.35. The third-order valence-corrected chi connectivity index (χ3v) is 2.90. The molecule has 0 atom stereocenters. The lowest BCUT2D eigenvalue weighted by molar-refractivity contribution is 0.112. The van der Waals surface area contributed by atoms with E-state index >= 15 is 0 Å². The van der Waals surface area contributed by atoms with E-state index < -0.39 is 0 Å². The third kappa shape index (κ3) is 1.21. The highest BCUT2D eigenvalue weighted by Gasteiger charge is 2.07. The molecule has 13 heavy (non-hydrogen) atoms. The van der Waals surface area contributed by atoms with Crippen LogP contribution < -0.4 is 0 Å². The first-order valence-electron chi connectivity index (χ1n) is 3.88. The molecule has 0 saturated heterocycles. The first-order chi connectivity index (χ1) is 6.22. The van der Waals surface area contributed by atoms with Gasteiger partial charge in [0.15, 0.2) is 6.29 Å².